The van der Waals surface area contributed by atoms with Crippen LogP contribution in [-0.4, -0.2) is 33.5 Å². The Hall–Kier alpha value is -4.17. The van der Waals surface area contributed by atoms with E-state index in [2.05, 4.69) is 5.32 Å². The van der Waals surface area contributed by atoms with Gasteiger partial charge < -0.3 is 9.67 Å². The molecule has 4 rings (SSSR count). The third-order valence-electron chi connectivity index (χ3n) is 5.31. The molecule has 4 amide bonds. The standard InChI is InChI=1S/C24H18ClN3O5/c1-13-10-16(14(2)27(13)18-8-6-17(25)7-9-18)12-20-21(29)26-24(33)28(22(20)30)19-5-3-4-15(11-19)23(31)32/h3-12H,1-2H3,(H,31,32)(H,26,29,33)/b20-12-. The molecule has 3 aromatic rings. The molecule has 33 heavy (non-hydrogen) atoms. The first kappa shape index (κ1) is 22.0. The molecule has 0 radical (unpaired) electrons. The maximum atomic E-state index is 13.1. The van der Waals surface area contributed by atoms with Crippen molar-refractivity contribution in [3.05, 3.63) is 87.7 Å². The Kier molecular flexibility index (Phi) is 5.61. The minimum absolute atomic E-state index is 0.0439. The van der Waals surface area contributed by atoms with Crippen LogP contribution in [0.25, 0.3) is 11.8 Å². The number of nitrogens with one attached hydrogen (secondary N) is 1. The highest BCUT2D eigenvalue weighted by molar-refractivity contribution is 6.39. The van der Waals surface area contributed by atoms with E-state index in [0.29, 0.717) is 10.6 Å². The number of urea groups is 1. The van der Waals surface area contributed by atoms with Gasteiger partial charge in [0.05, 0.1) is 11.3 Å². The number of carbonyl (C=O) groups is 4. The van der Waals surface area contributed by atoms with Gasteiger partial charge in [-0.2, -0.15) is 0 Å². The lowest BCUT2D eigenvalue weighted by atomic mass is 10.1. The highest BCUT2D eigenvalue weighted by atomic mass is 35.5. The lowest BCUT2D eigenvalue weighted by Gasteiger charge is -2.26. The molecule has 2 N–H and O–H groups in total. The van der Waals surface area contributed by atoms with Gasteiger partial charge in [-0.05, 0) is 74.0 Å². The zero-order valence-corrected chi connectivity index (χ0v) is 18.4. The zero-order chi connectivity index (χ0) is 23.9. The molecule has 0 atom stereocenters. The summed E-state index contributed by atoms with van der Waals surface area (Å²) in [5, 5.41) is 12.0. The second kappa shape index (κ2) is 8.40. The Bertz CT molecular complexity index is 1350. The molecule has 1 saturated heterocycles. The highest BCUT2D eigenvalue weighted by Crippen LogP contribution is 2.27. The molecule has 2 heterocycles. The van der Waals surface area contributed by atoms with Crippen LogP contribution < -0.4 is 10.2 Å². The van der Waals surface area contributed by atoms with Crippen LogP contribution in [0.5, 0.6) is 0 Å². The van der Waals surface area contributed by atoms with Crippen molar-refractivity contribution in [1.29, 1.82) is 0 Å². The topological polar surface area (TPSA) is 109 Å². The van der Waals surface area contributed by atoms with Crippen molar-refractivity contribution in [1.82, 2.24) is 9.88 Å². The number of rotatable bonds is 4. The summed E-state index contributed by atoms with van der Waals surface area (Å²) in [6, 6.07) is 13.5. The maximum Gasteiger partial charge on any atom is 0.335 e. The average Bonchev–Trinajstić information content (AvgIpc) is 3.05. The van der Waals surface area contributed by atoms with Crippen molar-refractivity contribution in [2.75, 3.05) is 4.90 Å². The number of carboxylic acids is 1. The molecular weight excluding hydrogens is 446 g/mol. The molecule has 0 unspecified atom stereocenters. The van der Waals surface area contributed by atoms with Gasteiger partial charge in [0.25, 0.3) is 11.8 Å². The molecule has 9 heteroatoms. The molecule has 2 aromatic carbocycles. The molecule has 166 valence electrons. The summed E-state index contributed by atoms with van der Waals surface area (Å²) in [4.78, 5) is 50.1. The second-order valence-corrected chi connectivity index (χ2v) is 7.89. The van der Waals surface area contributed by atoms with Gasteiger partial charge in [-0.25, -0.2) is 14.5 Å². The first-order chi connectivity index (χ1) is 15.7. The fourth-order valence-electron chi connectivity index (χ4n) is 3.75. The number of barbiturate groups is 1. The van der Waals surface area contributed by atoms with Crippen LogP contribution in [0.15, 0.2) is 60.2 Å². The van der Waals surface area contributed by atoms with E-state index >= 15 is 0 Å². The number of benzene rings is 2. The van der Waals surface area contributed by atoms with E-state index in [1.807, 2.05) is 36.6 Å². The molecule has 8 nitrogen and oxygen atoms in total. The Morgan fingerprint density at radius 2 is 1.70 bits per heavy atom. The predicted octanol–water partition coefficient (Wildman–Crippen LogP) is 4.11. The molecule has 0 spiro atoms. The van der Waals surface area contributed by atoms with E-state index < -0.39 is 23.8 Å². The van der Waals surface area contributed by atoms with Gasteiger partial charge in [0.1, 0.15) is 5.57 Å². The Morgan fingerprint density at radius 3 is 2.36 bits per heavy atom. The SMILES string of the molecule is Cc1cc(/C=C2/C(=O)NC(=O)N(c3cccc(C(=O)O)c3)C2=O)c(C)n1-c1ccc(Cl)cc1. The Morgan fingerprint density at radius 1 is 1.00 bits per heavy atom. The highest BCUT2D eigenvalue weighted by Gasteiger charge is 2.37. The third-order valence-corrected chi connectivity index (χ3v) is 5.56. The zero-order valence-electron chi connectivity index (χ0n) is 17.6. The summed E-state index contributed by atoms with van der Waals surface area (Å²) in [5.41, 5.74) is 2.83. The van der Waals surface area contributed by atoms with Gasteiger partial charge in [-0.15, -0.1) is 0 Å². The van der Waals surface area contributed by atoms with Crippen molar-refractivity contribution < 1.29 is 24.3 Å². The number of carbonyl (C=O) groups excluding carboxylic acids is 3. The van der Waals surface area contributed by atoms with Gasteiger partial charge in [0.15, 0.2) is 0 Å². The number of anilines is 1. The van der Waals surface area contributed by atoms with Gasteiger partial charge >= 0.3 is 12.0 Å². The lowest BCUT2D eigenvalue weighted by molar-refractivity contribution is -0.122. The summed E-state index contributed by atoms with van der Waals surface area (Å²) in [5.74, 6) is -2.88. The minimum Gasteiger partial charge on any atom is -0.478 e. The normalized spacial score (nSPS) is 15.2. The van der Waals surface area contributed by atoms with Crippen LogP contribution in [0.1, 0.15) is 27.3 Å². The lowest BCUT2D eigenvalue weighted by Crippen LogP contribution is -2.54. The number of aromatic nitrogens is 1. The van der Waals surface area contributed by atoms with E-state index in [0.717, 1.165) is 22.0 Å². The Balaban J connectivity index is 1.76. The number of hydrogen-bond acceptors (Lipinski definition) is 4. The molecule has 1 aliphatic heterocycles. The summed E-state index contributed by atoms with van der Waals surface area (Å²) in [6.07, 6.45) is 1.42. The number of amides is 4. The molecule has 1 aromatic heterocycles. The van der Waals surface area contributed by atoms with E-state index in [9.17, 15) is 24.3 Å². The number of halogens is 1. The van der Waals surface area contributed by atoms with E-state index in [-0.39, 0.29) is 16.8 Å². The molecular formula is C24H18ClN3O5. The average molecular weight is 464 g/mol. The third kappa shape index (κ3) is 4.04. The van der Waals surface area contributed by atoms with Crippen molar-refractivity contribution in [2.45, 2.75) is 13.8 Å². The van der Waals surface area contributed by atoms with Crippen molar-refractivity contribution in [3.63, 3.8) is 0 Å². The van der Waals surface area contributed by atoms with Gasteiger partial charge in [-0.1, -0.05) is 17.7 Å². The molecule has 1 fully saturated rings. The Labute approximate surface area is 193 Å². The van der Waals surface area contributed by atoms with E-state index in [4.69, 9.17) is 11.6 Å². The first-order valence-electron chi connectivity index (χ1n) is 9.87. The quantitative estimate of drug-likeness (QED) is 0.447. The van der Waals surface area contributed by atoms with E-state index in [1.54, 1.807) is 12.1 Å². The van der Waals surface area contributed by atoms with Gasteiger partial charge in [-0.3, -0.25) is 14.9 Å². The van der Waals surface area contributed by atoms with E-state index in [1.165, 1.54) is 30.3 Å². The smallest absolute Gasteiger partial charge is 0.335 e. The van der Waals surface area contributed by atoms with Gasteiger partial charge in [0.2, 0.25) is 0 Å². The van der Waals surface area contributed by atoms with Crippen LogP contribution in [0.2, 0.25) is 5.02 Å². The number of aromatic carboxylic acids is 1. The maximum absolute atomic E-state index is 13.1. The molecule has 0 bridgehead atoms. The summed E-state index contributed by atoms with van der Waals surface area (Å²) < 4.78 is 1.95. The van der Waals surface area contributed by atoms with Crippen molar-refractivity contribution in [3.8, 4) is 5.69 Å². The number of hydrogen-bond donors (Lipinski definition) is 2. The second-order valence-electron chi connectivity index (χ2n) is 7.45. The van der Waals surface area contributed by atoms with Crippen molar-refractivity contribution in [2.24, 2.45) is 0 Å². The molecule has 0 aliphatic carbocycles. The largest absolute Gasteiger partial charge is 0.478 e. The molecule has 1 aliphatic rings. The fourth-order valence-corrected chi connectivity index (χ4v) is 3.87. The summed E-state index contributed by atoms with van der Waals surface area (Å²) >= 11 is 5.98. The predicted molar refractivity (Wildman–Crippen MR) is 123 cm³/mol. The van der Waals surface area contributed by atoms with Gasteiger partial charge in [0, 0.05) is 22.1 Å². The van der Waals surface area contributed by atoms with Crippen LogP contribution in [-0.2, 0) is 9.59 Å². The number of carboxylic acid groups (broad SMARTS) is 1. The number of nitrogens with zero attached hydrogens (tertiary/aromatic N) is 2. The number of aryl methyl sites for hydroxylation is 1. The minimum atomic E-state index is -1.21. The molecule has 0 saturated carbocycles. The fraction of sp³-hybridized carbons (Fsp3) is 0.0833. The summed E-state index contributed by atoms with van der Waals surface area (Å²) in [6.45, 7) is 3.73. The van der Waals surface area contributed by atoms with Crippen LogP contribution in [0.4, 0.5) is 10.5 Å². The van der Waals surface area contributed by atoms with Crippen molar-refractivity contribution >= 4 is 47.2 Å². The first-order valence-corrected chi connectivity index (χ1v) is 10.2. The summed E-state index contributed by atoms with van der Waals surface area (Å²) in [7, 11) is 0. The monoisotopic (exact) mass is 463 g/mol. The van der Waals surface area contributed by atoms with Crippen LogP contribution in [0, 0.1) is 13.8 Å². The van der Waals surface area contributed by atoms with Crippen LogP contribution >= 0.6 is 11.6 Å². The van der Waals surface area contributed by atoms with Crippen LogP contribution in [0.3, 0.4) is 0 Å². The number of imide groups is 2.